The molecule has 5 nitrogen and oxygen atoms in total. The summed E-state index contributed by atoms with van der Waals surface area (Å²) in [4.78, 5) is 11.3. The average molecular weight is 247 g/mol. The van der Waals surface area contributed by atoms with Gasteiger partial charge in [0.25, 0.3) is 0 Å². The number of unbranched alkanes of at least 4 members (excludes halogenated alkanes) is 1. The fourth-order valence-corrected chi connectivity index (χ4v) is 1.27. The van der Waals surface area contributed by atoms with E-state index in [1.165, 1.54) is 0 Å². The van der Waals surface area contributed by atoms with Crippen molar-refractivity contribution < 1.29 is 19.0 Å². The Hall–Kier alpha value is -0.810. The van der Waals surface area contributed by atoms with Gasteiger partial charge in [0.05, 0.1) is 0 Å². The number of amides is 1. The molecule has 0 aromatic rings. The molecule has 0 heterocycles. The van der Waals surface area contributed by atoms with Crippen LogP contribution in [-0.4, -0.2) is 38.7 Å². The Kier molecular flexibility index (Phi) is 7.91. The molecule has 1 amide bonds. The van der Waals surface area contributed by atoms with E-state index in [0.717, 1.165) is 19.3 Å². The number of hydrogen-bond donors (Lipinski definition) is 1. The summed E-state index contributed by atoms with van der Waals surface area (Å²) in [6.45, 7) is 6.13. The summed E-state index contributed by atoms with van der Waals surface area (Å²) >= 11 is 0. The van der Waals surface area contributed by atoms with Gasteiger partial charge in [-0.3, -0.25) is 0 Å². The maximum atomic E-state index is 11.3. The predicted octanol–water partition coefficient (Wildman–Crippen LogP) is 2.30. The van der Waals surface area contributed by atoms with Crippen molar-refractivity contribution in [2.24, 2.45) is 0 Å². The Morgan fingerprint density at radius 2 is 1.76 bits per heavy atom. The van der Waals surface area contributed by atoms with E-state index < -0.39 is 5.60 Å². The summed E-state index contributed by atoms with van der Waals surface area (Å²) in [7, 11) is 3.24. The van der Waals surface area contributed by atoms with Gasteiger partial charge >= 0.3 is 6.09 Å². The highest BCUT2D eigenvalue weighted by Gasteiger charge is 2.15. The minimum atomic E-state index is -0.443. The first kappa shape index (κ1) is 16.2. The van der Waals surface area contributed by atoms with Crippen molar-refractivity contribution in [1.29, 1.82) is 0 Å². The van der Waals surface area contributed by atoms with Gasteiger partial charge in [0.2, 0.25) is 0 Å². The quantitative estimate of drug-likeness (QED) is 0.554. The van der Waals surface area contributed by atoms with Crippen molar-refractivity contribution in [3.63, 3.8) is 0 Å². The smallest absolute Gasteiger partial charge is 0.407 e. The number of carbonyl (C=O) groups is 1. The van der Waals surface area contributed by atoms with E-state index in [2.05, 4.69) is 5.32 Å². The van der Waals surface area contributed by atoms with E-state index >= 15 is 0 Å². The molecule has 0 saturated heterocycles. The molecular weight excluding hydrogens is 222 g/mol. The summed E-state index contributed by atoms with van der Waals surface area (Å²) < 4.78 is 15.2. The van der Waals surface area contributed by atoms with Crippen LogP contribution in [0.15, 0.2) is 0 Å². The first-order chi connectivity index (χ1) is 7.89. The largest absolute Gasteiger partial charge is 0.444 e. The Bertz CT molecular complexity index is 209. The lowest BCUT2D eigenvalue weighted by Gasteiger charge is -2.19. The molecule has 0 unspecified atom stereocenters. The molecule has 0 aromatic heterocycles. The SMILES string of the molecule is COC(CCCCNC(=O)OC(C)(C)C)OC. The summed E-state index contributed by atoms with van der Waals surface area (Å²) in [6.07, 6.45) is 2.11. The molecule has 17 heavy (non-hydrogen) atoms. The highest BCUT2D eigenvalue weighted by atomic mass is 16.7. The average Bonchev–Trinajstić information content (AvgIpc) is 2.21. The fraction of sp³-hybridized carbons (Fsp3) is 0.917. The monoisotopic (exact) mass is 247 g/mol. The molecule has 0 atom stereocenters. The molecule has 0 aliphatic heterocycles. The molecular formula is C12H25NO4. The second-order valence-electron chi connectivity index (χ2n) is 4.83. The Morgan fingerprint density at radius 1 is 1.18 bits per heavy atom. The molecule has 1 N–H and O–H groups in total. The highest BCUT2D eigenvalue weighted by molar-refractivity contribution is 5.67. The van der Waals surface area contributed by atoms with Crippen LogP contribution in [0.3, 0.4) is 0 Å². The number of rotatable bonds is 7. The molecule has 0 rings (SSSR count). The molecule has 0 aliphatic rings. The maximum absolute atomic E-state index is 11.3. The first-order valence-electron chi connectivity index (χ1n) is 5.91. The number of methoxy groups -OCH3 is 2. The molecule has 0 spiro atoms. The molecule has 0 aliphatic carbocycles. The maximum Gasteiger partial charge on any atom is 0.407 e. The molecule has 0 fully saturated rings. The van der Waals surface area contributed by atoms with Crippen molar-refractivity contribution in [3.8, 4) is 0 Å². The summed E-state index contributed by atoms with van der Waals surface area (Å²) in [5, 5.41) is 2.71. The van der Waals surface area contributed by atoms with Gasteiger partial charge in [0.1, 0.15) is 5.60 Å². The number of nitrogens with one attached hydrogen (secondary N) is 1. The number of carbonyl (C=O) groups excluding carboxylic acids is 1. The summed E-state index contributed by atoms with van der Waals surface area (Å²) in [5.41, 5.74) is -0.443. The number of ether oxygens (including phenoxy) is 3. The van der Waals surface area contributed by atoms with Crippen molar-refractivity contribution >= 4 is 6.09 Å². The summed E-state index contributed by atoms with van der Waals surface area (Å²) in [6, 6.07) is 0. The normalized spacial score (nSPS) is 11.6. The van der Waals surface area contributed by atoms with Crippen molar-refractivity contribution in [3.05, 3.63) is 0 Å². The van der Waals surface area contributed by atoms with E-state index in [1.54, 1.807) is 14.2 Å². The van der Waals surface area contributed by atoms with Gasteiger partial charge in [0.15, 0.2) is 6.29 Å². The second-order valence-corrected chi connectivity index (χ2v) is 4.83. The van der Waals surface area contributed by atoms with Crippen LogP contribution in [0.25, 0.3) is 0 Å². The van der Waals surface area contributed by atoms with E-state index in [4.69, 9.17) is 14.2 Å². The standard InChI is InChI=1S/C12H25NO4/c1-12(2,3)17-11(14)13-9-7-6-8-10(15-4)16-5/h10H,6-9H2,1-5H3,(H,13,14). The van der Waals surface area contributed by atoms with Crippen molar-refractivity contribution in [1.82, 2.24) is 5.32 Å². The van der Waals surface area contributed by atoms with Crippen LogP contribution < -0.4 is 5.32 Å². The fourth-order valence-electron chi connectivity index (χ4n) is 1.27. The van der Waals surface area contributed by atoms with E-state index in [0.29, 0.717) is 6.54 Å². The third-order valence-corrected chi connectivity index (χ3v) is 2.06. The van der Waals surface area contributed by atoms with Gasteiger partial charge in [-0.25, -0.2) is 4.79 Å². The minimum absolute atomic E-state index is 0.156. The van der Waals surface area contributed by atoms with Crippen molar-refractivity contribution in [2.75, 3.05) is 20.8 Å². The zero-order valence-corrected chi connectivity index (χ0v) is 11.5. The van der Waals surface area contributed by atoms with Crippen LogP contribution >= 0.6 is 0 Å². The van der Waals surface area contributed by atoms with Crippen LogP contribution in [0.4, 0.5) is 4.79 Å². The number of alkyl carbamates (subject to hydrolysis) is 1. The Balaban J connectivity index is 3.49. The molecule has 0 bridgehead atoms. The number of hydrogen-bond acceptors (Lipinski definition) is 4. The van der Waals surface area contributed by atoms with E-state index in [1.807, 2.05) is 20.8 Å². The Morgan fingerprint density at radius 3 is 2.24 bits per heavy atom. The lowest BCUT2D eigenvalue weighted by Crippen LogP contribution is -2.33. The van der Waals surface area contributed by atoms with Crippen LogP contribution in [0, 0.1) is 0 Å². The minimum Gasteiger partial charge on any atom is -0.444 e. The topological polar surface area (TPSA) is 56.8 Å². The lowest BCUT2D eigenvalue weighted by atomic mass is 10.2. The van der Waals surface area contributed by atoms with Gasteiger partial charge in [-0.05, 0) is 40.0 Å². The van der Waals surface area contributed by atoms with Gasteiger partial charge in [-0.1, -0.05) is 0 Å². The van der Waals surface area contributed by atoms with Gasteiger partial charge < -0.3 is 19.5 Å². The molecule has 5 heteroatoms. The van der Waals surface area contributed by atoms with E-state index in [9.17, 15) is 4.79 Å². The van der Waals surface area contributed by atoms with Crippen LogP contribution in [0.5, 0.6) is 0 Å². The van der Waals surface area contributed by atoms with Crippen molar-refractivity contribution in [2.45, 2.75) is 51.9 Å². The first-order valence-corrected chi connectivity index (χ1v) is 5.91. The van der Waals surface area contributed by atoms with Crippen LogP contribution in [-0.2, 0) is 14.2 Å². The van der Waals surface area contributed by atoms with E-state index in [-0.39, 0.29) is 12.4 Å². The van der Waals surface area contributed by atoms with Crippen LogP contribution in [0.2, 0.25) is 0 Å². The molecule has 0 aromatic carbocycles. The zero-order valence-electron chi connectivity index (χ0n) is 11.5. The highest BCUT2D eigenvalue weighted by Crippen LogP contribution is 2.07. The Labute approximate surface area is 104 Å². The molecule has 0 radical (unpaired) electrons. The van der Waals surface area contributed by atoms with Crippen LogP contribution in [0.1, 0.15) is 40.0 Å². The summed E-state index contributed by atoms with van der Waals surface area (Å²) in [5.74, 6) is 0. The van der Waals surface area contributed by atoms with Gasteiger partial charge in [0, 0.05) is 20.8 Å². The van der Waals surface area contributed by atoms with Gasteiger partial charge in [-0.2, -0.15) is 0 Å². The lowest BCUT2D eigenvalue weighted by molar-refractivity contribution is -0.107. The third kappa shape index (κ3) is 10.1. The molecule has 102 valence electrons. The molecule has 0 saturated carbocycles. The predicted molar refractivity (Wildman–Crippen MR) is 65.9 cm³/mol. The van der Waals surface area contributed by atoms with Gasteiger partial charge in [-0.15, -0.1) is 0 Å². The zero-order chi connectivity index (χ0) is 13.3. The second kappa shape index (κ2) is 8.31. The third-order valence-electron chi connectivity index (χ3n) is 2.06.